The Hall–Kier alpha value is -1.16. The Kier molecular flexibility index (Phi) is 1.51. The van der Waals surface area contributed by atoms with E-state index in [1.54, 1.807) is 12.1 Å². The van der Waals surface area contributed by atoms with Gasteiger partial charge < -0.3 is 5.73 Å². The van der Waals surface area contributed by atoms with Crippen molar-refractivity contribution in [2.24, 2.45) is 0 Å². The Morgan fingerprint density at radius 1 is 1.25 bits per heavy atom. The molecule has 1 heterocycles. The monoisotopic (exact) mass is 185 g/mol. The van der Waals surface area contributed by atoms with E-state index >= 15 is 0 Å². The van der Waals surface area contributed by atoms with Crippen molar-refractivity contribution in [1.82, 2.24) is 0 Å². The second kappa shape index (κ2) is 2.42. The zero-order valence-corrected chi connectivity index (χ0v) is 6.79. The van der Waals surface area contributed by atoms with Crippen molar-refractivity contribution in [1.29, 1.82) is 0 Å². The minimum Gasteiger partial charge on any atom is -0.398 e. The van der Waals surface area contributed by atoms with Crippen LogP contribution in [-0.4, -0.2) is 0 Å². The van der Waals surface area contributed by atoms with Gasteiger partial charge in [0.1, 0.15) is 0 Å². The first-order chi connectivity index (χ1) is 5.70. The van der Waals surface area contributed by atoms with E-state index in [2.05, 4.69) is 0 Å². The molecule has 0 saturated heterocycles. The molecule has 4 heteroatoms. The fourth-order valence-electron chi connectivity index (χ4n) is 1.08. The van der Waals surface area contributed by atoms with Crippen molar-refractivity contribution in [3.8, 4) is 0 Å². The Balaban J connectivity index is 2.95. The number of hydrogen-bond acceptors (Lipinski definition) is 2. The summed E-state index contributed by atoms with van der Waals surface area (Å²) in [5.41, 5.74) is 5.93. The molecule has 0 fully saturated rings. The second-order valence-electron chi connectivity index (χ2n) is 2.41. The van der Waals surface area contributed by atoms with E-state index in [4.69, 9.17) is 5.73 Å². The number of anilines is 1. The molecule has 1 aromatic heterocycles. The zero-order valence-electron chi connectivity index (χ0n) is 5.97. The van der Waals surface area contributed by atoms with Crippen molar-refractivity contribution in [3.05, 3.63) is 29.1 Å². The quantitative estimate of drug-likeness (QED) is 0.627. The maximum absolute atomic E-state index is 12.9. The molecule has 0 bridgehead atoms. The molecule has 0 spiro atoms. The molecule has 0 radical (unpaired) electrons. The van der Waals surface area contributed by atoms with Gasteiger partial charge in [-0.05, 0) is 6.07 Å². The SMILES string of the molecule is Nc1cccc2c(F)c(F)sc12. The molecule has 0 aliphatic heterocycles. The highest BCUT2D eigenvalue weighted by atomic mass is 32.1. The highest BCUT2D eigenvalue weighted by molar-refractivity contribution is 7.18. The fourth-order valence-corrected chi connectivity index (χ4v) is 1.91. The van der Waals surface area contributed by atoms with Crippen molar-refractivity contribution < 1.29 is 8.78 Å². The summed E-state index contributed by atoms with van der Waals surface area (Å²) in [6, 6.07) is 4.74. The molecular formula is C8H5F2NS. The average molecular weight is 185 g/mol. The number of hydrogen-bond donors (Lipinski definition) is 1. The predicted octanol–water partition coefficient (Wildman–Crippen LogP) is 2.76. The van der Waals surface area contributed by atoms with E-state index in [0.29, 0.717) is 10.4 Å². The van der Waals surface area contributed by atoms with Crippen LogP contribution in [-0.2, 0) is 0 Å². The van der Waals surface area contributed by atoms with Crippen LogP contribution in [0.2, 0.25) is 0 Å². The van der Waals surface area contributed by atoms with E-state index in [1.807, 2.05) is 0 Å². The third-order valence-electron chi connectivity index (χ3n) is 1.65. The molecule has 0 saturated carbocycles. The van der Waals surface area contributed by atoms with Gasteiger partial charge in [-0.1, -0.05) is 12.1 Å². The van der Waals surface area contributed by atoms with Gasteiger partial charge in [0.15, 0.2) is 5.82 Å². The van der Waals surface area contributed by atoms with Crippen molar-refractivity contribution in [2.45, 2.75) is 0 Å². The molecule has 0 unspecified atom stereocenters. The zero-order chi connectivity index (χ0) is 8.72. The van der Waals surface area contributed by atoms with E-state index in [0.717, 1.165) is 11.3 Å². The largest absolute Gasteiger partial charge is 0.398 e. The number of nitrogens with two attached hydrogens (primary N) is 1. The average Bonchev–Trinajstić information content (AvgIpc) is 2.32. The highest BCUT2D eigenvalue weighted by Gasteiger charge is 2.12. The van der Waals surface area contributed by atoms with Gasteiger partial charge in [0, 0.05) is 11.1 Å². The maximum atomic E-state index is 12.9. The van der Waals surface area contributed by atoms with Gasteiger partial charge in [-0.15, -0.1) is 11.3 Å². The summed E-state index contributed by atoms with van der Waals surface area (Å²) in [6.07, 6.45) is 0. The first-order valence-electron chi connectivity index (χ1n) is 3.32. The van der Waals surface area contributed by atoms with Crippen molar-refractivity contribution >= 4 is 27.1 Å². The summed E-state index contributed by atoms with van der Waals surface area (Å²) in [7, 11) is 0. The van der Waals surface area contributed by atoms with Crippen LogP contribution in [0.4, 0.5) is 14.5 Å². The molecule has 2 N–H and O–H groups in total. The number of fused-ring (bicyclic) bond motifs is 1. The lowest BCUT2D eigenvalue weighted by Gasteiger charge is -1.92. The summed E-state index contributed by atoms with van der Waals surface area (Å²) >= 11 is 0.739. The Morgan fingerprint density at radius 3 is 2.67 bits per heavy atom. The molecule has 62 valence electrons. The van der Waals surface area contributed by atoms with Crippen LogP contribution < -0.4 is 5.73 Å². The lowest BCUT2D eigenvalue weighted by Crippen LogP contribution is -1.82. The summed E-state index contributed by atoms with van der Waals surface area (Å²) in [5, 5.41) is -0.541. The predicted molar refractivity (Wildman–Crippen MR) is 46.2 cm³/mol. The van der Waals surface area contributed by atoms with Gasteiger partial charge in [0.2, 0.25) is 5.13 Å². The third kappa shape index (κ3) is 0.881. The van der Waals surface area contributed by atoms with Gasteiger partial charge in [-0.25, -0.2) is 4.39 Å². The summed E-state index contributed by atoms with van der Waals surface area (Å²) in [6.45, 7) is 0. The summed E-state index contributed by atoms with van der Waals surface area (Å²) in [5.74, 6) is -0.803. The van der Waals surface area contributed by atoms with Gasteiger partial charge in [0.25, 0.3) is 0 Å². The minimum atomic E-state index is -0.803. The molecule has 0 aliphatic rings. The van der Waals surface area contributed by atoms with Crippen LogP contribution in [0.1, 0.15) is 0 Å². The molecule has 0 atom stereocenters. The van der Waals surface area contributed by atoms with E-state index in [-0.39, 0.29) is 5.39 Å². The fraction of sp³-hybridized carbons (Fsp3) is 0. The Labute approximate surface area is 71.4 Å². The van der Waals surface area contributed by atoms with Gasteiger partial charge >= 0.3 is 0 Å². The van der Waals surface area contributed by atoms with Gasteiger partial charge in [0.05, 0.1) is 4.70 Å². The van der Waals surface area contributed by atoms with E-state index in [9.17, 15) is 8.78 Å². The standard InChI is InChI=1S/C8H5F2NS/c9-6-4-2-1-3-5(11)7(4)12-8(6)10/h1-3H,11H2. The normalized spacial score (nSPS) is 10.8. The molecule has 0 aliphatic carbocycles. The van der Waals surface area contributed by atoms with Crippen LogP contribution in [0.5, 0.6) is 0 Å². The summed E-state index contributed by atoms with van der Waals surface area (Å²) < 4.78 is 26.1. The number of nitrogen functional groups attached to an aromatic ring is 1. The molecule has 12 heavy (non-hydrogen) atoms. The van der Waals surface area contributed by atoms with Crippen LogP contribution in [0, 0.1) is 10.9 Å². The molecule has 1 aromatic carbocycles. The van der Waals surface area contributed by atoms with Crippen LogP contribution >= 0.6 is 11.3 Å². The Bertz CT molecular complexity index is 436. The van der Waals surface area contributed by atoms with Crippen LogP contribution in [0.15, 0.2) is 18.2 Å². The van der Waals surface area contributed by atoms with Gasteiger partial charge in [-0.3, -0.25) is 0 Å². The topological polar surface area (TPSA) is 26.0 Å². The lowest BCUT2D eigenvalue weighted by molar-refractivity contribution is 0.538. The first kappa shape index (κ1) is 7.49. The lowest BCUT2D eigenvalue weighted by atomic mass is 10.2. The van der Waals surface area contributed by atoms with E-state index in [1.165, 1.54) is 6.07 Å². The van der Waals surface area contributed by atoms with Crippen LogP contribution in [0.25, 0.3) is 10.1 Å². The molecule has 2 aromatic rings. The number of thiophene rings is 1. The van der Waals surface area contributed by atoms with E-state index < -0.39 is 10.9 Å². The highest BCUT2D eigenvalue weighted by Crippen LogP contribution is 2.32. The molecule has 0 amide bonds. The summed E-state index contributed by atoms with van der Waals surface area (Å²) in [4.78, 5) is 0. The van der Waals surface area contributed by atoms with Crippen molar-refractivity contribution in [3.63, 3.8) is 0 Å². The molecule has 1 nitrogen and oxygen atoms in total. The first-order valence-corrected chi connectivity index (χ1v) is 4.14. The van der Waals surface area contributed by atoms with Crippen molar-refractivity contribution in [2.75, 3.05) is 5.73 Å². The molecular weight excluding hydrogens is 180 g/mol. The maximum Gasteiger partial charge on any atom is 0.213 e. The van der Waals surface area contributed by atoms with Gasteiger partial charge in [-0.2, -0.15) is 4.39 Å². The molecule has 2 rings (SSSR count). The third-order valence-corrected chi connectivity index (χ3v) is 2.66. The number of rotatable bonds is 0. The Morgan fingerprint density at radius 2 is 2.00 bits per heavy atom. The number of benzene rings is 1. The second-order valence-corrected chi connectivity index (χ2v) is 3.38. The smallest absolute Gasteiger partial charge is 0.213 e. The minimum absolute atomic E-state index is 0.262. The number of halogens is 2. The van der Waals surface area contributed by atoms with Crippen LogP contribution in [0.3, 0.4) is 0 Å².